The van der Waals surface area contributed by atoms with Crippen LogP contribution in [0.3, 0.4) is 0 Å². The molecule has 3 heteroatoms. The molecule has 0 aromatic carbocycles. The number of ether oxygens (including phenoxy) is 1. The smallest absolute Gasteiger partial charge is 0.325 e. The lowest BCUT2D eigenvalue weighted by molar-refractivity contribution is -0.149. The van der Waals surface area contributed by atoms with E-state index in [2.05, 4.69) is 6.92 Å². The van der Waals surface area contributed by atoms with Crippen molar-refractivity contribution in [3.8, 4) is 0 Å². The zero-order valence-electron chi connectivity index (χ0n) is 10.3. The molecule has 0 aliphatic rings. The third-order valence-corrected chi connectivity index (χ3v) is 2.54. The Bertz CT molecular complexity index is 178. The fraction of sp³-hybridized carbons (Fsp3) is 0.917. The van der Waals surface area contributed by atoms with Crippen LogP contribution in [0.15, 0.2) is 0 Å². The molecular weight excluding hydrogens is 190 g/mol. The van der Waals surface area contributed by atoms with Gasteiger partial charge in [0.2, 0.25) is 0 Å². The van der Waals surface area contributed by atoms with Crippen molar-refractivity contribution in [2.75, 3.05) is 6.61 Å². The molecule has 2 N–H and O–H groups in total. The van der Waals surface area contributed by atoms with Gasteiger partial charge in [0.15, 0.2) is 0 Å². The van der Waals surface area contributed by atoms with Gasteiger partial charge in [-0.15, -0.1) is 0 Å². The molecule has 0 aromatic rings. The first kappa shape index (κ1) is 14.4. The monoisotopic (exact) mass is 215 g/mol. The summed E-state index contributed by atoms with van der Waals surface area (Å²) in [6.07, 6.45) is 6.61. The van der Waals surface area contributed by atoms with Crippen molar-refractivity contribution in [3.05, 3.63) is 0 Å². The average Bonchev–Trinajstić information content (AvgIpc) is 2.18. The summed E-state index contributed by atoms with van der Waals surface area (Å²) in [6.45, 7) is 6.15. The second kappa shape index (κ2) is 7.69. The van der Waals surface area contributed by atoms with Crippen molar-refractivity contribution in [1.29, 1.82) is 0 Å². The lowest BCUT2D eigenvalue weighted by Gasteiger charge is -2.21. The molecule has 0 heterocycles. The first-order valence-electron chi connectivity index (χ1n) is 6.00. The van der Waals surface area contributed by atoms with Crippen molar-refractivity contribution in [3.63, 3.8) is 0 Å². The maximum Gasteiger partial charge on any atom is 0.325 e. The van der Waals surface area contributed by atoms with Crippen molar-refractivity contribution in [2.45, 2.75) is 64.8 Å². The Balaban J connectivity index is 3.68. The van der Waals surface area contributed by atoms with Crippen LogP contribution >= 0.6 is 0 Å². The van der Waals surface area contributed by atoms with Gasteiger partial charge in [-0.1, -0.05) is 39.0 Å². The Morgan fingerprint density at radius 3 is 2.33 bits per heavy atom. The van der Waals surface area contributed by atoms with Gasteiger partial charge in [0.1, 0.15) is 5.54 Å². The van der Waals surface area contributed by atoms with E-state index in [9.17, 15) is 4.79 Å². The summed E-state index contributed by atoms with van der Waals surface area (Å²) in [6, 6.07) is 0. The third-order valence-electron chi connectivity index (χ3n) is 2.54. The van der Waals surface area contributed by atoms with E-state index in [0.29, 0.717) is 6.61 Å². The Morgan fingerprint density at radius 2 is 1.80 bits per heavy atom. The van der Waals surface area contributed by atoms with Gasteiger partial charge >= 0.3 is 5.97 Å². The summed E-state index contributed by atoms with van der Waals surface area (Å²) >= 11 is 0. The summed E-state index contributed by atoms with van der Waals surface area (Å²) in [4.78, 5) is 11.4. The maximum atomic E-state index is 11.4. The van der Waals surface area contributed by atoms with Crippen molar-refractivity contribution < 1.29 is 9.53 Å². The van der Waals surface area contributed by atoms with Gasteiger partial charge in [0, 0.05) is 0 Å². The standard InChI is InChI=1S/C12H25NO2/c1-4-6-7-8-9-10-12(3,13)11(14)15-5-2/h4-10,13H2,1-3H3. The van der Waals surface area contributed by atoms with Crippen LogP contribution in [0.1, 0.15) is 59.3 Å². The molecule has 1 atom stereocenters. The first-order valence-corrected chi connectivity index (χ1v) is 6.00. The zero-order chi connectivity index (χ0) is 11.7. The molecule has 0 bridgehead atoms. The molecule has 0 aliphatic heterocycles. The Kier molecular flexibility index (Phi) is 7.39. The Hall–Kier alpha value is -0.570. The van der Waals surface area contributed by atoms with Gasteiger partial charge < -0.3 is 10.5 Å². The van der Waals surface area contributed by atoms with E-state index < -0.39 is 5.54 Å². The summed E-state index contributed by atoms with van der Waals surface area (Å²) in [7, 11) is 0. The summed E-state index contributed by atoms with van der Waals surface area (Å²) < 4.78 is 4.92. The zero-order valence-corrected chi connectivity index (χ0v) is 10.3. The molecule has 0 amide bonds. The third kappa shape index (κ3) is 6.50. The number of carbonyl (C=O) groups is 1. The predicted molar refractivity (Wildman–Crippen MR) is 62.6 cm³/mol. The molecule has 0 saturated heterocycles. The van der Waals surface area contributed by atoms with Crippen molar-refractivity contribution in [1.82, 2.24) is 0 Å². The van der Waals surface area contributed by atoms with Crippen molar-refractivity contribution >= 4 is 5.97 Å². The molecule has 0 spiro atoms. The molecule has 0 rings (SSSR count). The van der Waals surface area contributed by atoms with Crippen LogP contribution in [0.2, 0.25) is 0 Å². The minimum atomic E-state index is -0.803. The predicted octanol–water partition coefficient (Wildman–Crippen LogP) is 2.63. The lowest BCUT2D eigenvalue weighted by Crippen LogP contribution is -2.46. The number of carbonyl (C=O) groups excluding carboxylic acids is 1. The number of hydrogen-bond acceptors (Lipinski definition) is 3. The highest BCUT2D eigenvalue weighted by Crippen LogP contribution is 2.14. The van der Waals surface area contributed by atoms with Crippen LogP contribution < -0.4 is 5.73 Å². The number of esters is 1. The van der Waals surface area contributed by atoms with Gasteiger partial charge in [0.25, 0.3) is 0 Å². The molecule has 15 heavy (non-hydrogen) atoms. The van der Waals surface area contributed by atoms with E-state index in [1.807, 2.05) is 0 Å². The Labute approximate surface area is 93.4 Å². The van der Waals surface area contributed by atoms with Gasteiger partial charge in [-0.05, 0) is 20.3 Å². The highest BCUT2D eigenvalue weighted by atomic mass is 16.5. The van der Waals surface area contributed by atoms with Crippen LogP contribution in [0.25, 0.3) is 0 Å². The van der Waals surface area contributed by atoms with Crippen LogP contribution in [0.4, 0.5) is 0 Å². The summed E-state index contributed by atoms with van der Waals surface area (Å²) in [5, 5.41) is 0. The lowest BCUT2D eigenvalue weighted by atomic mass is 9.95. The molecule has 90 valence electrons. The second-order valence-corrected chi connectivity index (χ2v) is 4.30. The molecule has 3 nitrogen and oxygen atoms in total. The fourth-order valence-corrected chi connectivity index (χ4v) is 1.49. The normalized spacial score (nSPS) is 14.7. The number of hydrogen-bond donors (Lipinski definition) is 1. The van der Waals surface area contributed by atoms with Crippen molar-refractivity contribution in [2.24, 2.45) is 5.73 Å². The van der Waals surface area contributed by atoms with E-state index in [-0.39, 0.29) is 5.97 Å². The molecule has 0 saturated carbocycles. The van der Waals surface area contributed by atoms with Gasteiger partial charge in [-0.25, -0.2) is 0 Å². The molecular formula is C12H25NO2. The molecule has 0 aliphatic carbocycles. The molecule has 0 fully saturated rings. The minimum absolute atomic E-state index is 0.277. The molecule has 0 aromatic heterocycles. The van der Waals surface area contributed by atoms with E-state index in [1.165, 1.54) is 19.3 Å². The quantitative estimate of drug-likeness (QED) is 0.500. The largest absolute Gasteiger partial charge is 0.465 e. The van der Waals surface area contributed by atoms with E-state index >= 15 is 0 Å². The molecule has 1 unspecified atom stereocenters. The number of rotatable bonds is 8. The maximum absolute atomic E-state index is 11.4. The topological polar surface area (TPSA) is 52.3 Å². The van der Waals surface area contributed by atoms with Gasteiger partial charge in [-0.2, -0.15) is 0 Å². The summed E-state index contributed by atoms with van der Waals surface area (Å²) in [5.74, 6) is -0.277. The van der Waals surface area contributed by atoms with Gasteiger partial charge in [-0.3, -0.25) is 4.79 Å². The highest BCUT2D eigenvalue weighted by Gasteiger charge is 2.28. The SMILES string of the molecule is CCCCCCCC(C)(N)C(=O)OCC. The van der Waals surface area contributed by atoms with Crippen LogP contribution in [-0.4, -0.2) is 18.1 Å². The van der Waals surface area contributed by atoms with E-state index in [4.69, 9.17) is 10.5 Å². The van der Waals surface area contributed by atoms with Crippen LogP contribution in [0, 0.1) is 0 Å². The minimum Gasteiger partial charge on any atom is -0.465 e. The highest BCUT2D eigenvalue weighted by molar-refractivity contribution is 5.79. The van der Waals surface area contributed by atoms with Crippen LogP contribution in [0.5, 0.6) is 0 Å². The van der Waals surface area contributed by atoms with E-state index in [0.717, 1.165) is 19.3 Å². The first-order chi connectivity index (χ1) is 7.04. The molecule has 0 radical (unpaired) electrons. The van der Waals surface area contributed by atoms with Crippen LogP contribution in [-0.2, 0) is 9.53 Å². The Morgan fingerprint density at radius 1 is 1.20 bits per heavy atom. The van der Waals surface area contributed by atoms with E-state index in [1.54, 1.807) is 13.8 Å². The number of unbranched alkanes of at least 4 members (excludes halogenated alkanes) is 4. The number of nitrogens with two attached hydrogens (primary N) is 1. The summed E-state index contributed by atoms with van der Waals surface area (Å²) in [5.41, 5.74) is 5.08. The van der Waals surface area contributed by atoms with Gasteiger partial charge in [0.05, 0.1) is 6.61 Å². The fourth-order valence-electron chi connectivity index (χ4n) is 1.49. The average molecular weight is 215 g/mol. The second-order valence-electron chi connectivity index (χ2n) is 4.30.